The van der Waals surface area contributed by atoms with E-state index in [9.17, 15) is 13.9 Å². The molecule has 6 nitrogen and oxygen atoms in total. The van der Waals surface area contributed by atoms with Crippen LogP contribution in [0.5, 0.6) is 34.5 Å². The molecule has 65 heavy (non-hydrogen) atoms. The van der Waals surface area contributed by atoms with Gasteiger partial charge in [-0.1, -0.05) is 162 Å². The van der Waals surface area contributed by atoms with E-state index in [0.717, 1.165) is 22.3 Å². The minimum atomic E-state index is -0.302. The van der Waals surface area contributed by atoms with Crippen molar-refractivity contribution in [2.75, 3.05) is 27.4 Å². The van der Waals surface area contributed by atoms with Gasteiger partial charge in [-0.25, -0.2) is 8.78 Å². The Balaban J connectivity index is 0.000000179. The highest BCUT2D eigenvalue weighted by molar-refractivity contribution is 9.09. The molecule has 0 amide bonds. The molecule has 0 aromatic heterocycles. The maximum atomic E-state index is 13.1. The molecule has 0 bridgehead atoms. The van der Waals surface area contributed by atoms with E-state index >= 15 is 0 Å². The highest BCUT2D eigenvalue weighted by Gasteiger charge is 2.19. The predicted octanol–water partition coefficient (Wildman–Crippen LogP) is 14.0. The molecule has 8 rings (SSSR count). The Hall–Kier alpha value is -7.10. The van der Waals surface area contributed by atoms with Gasteiger partial charge < -0.3 is 28.8 Å². The third kappa shape index (κ3) is 15.0. The number of phenols is 1. The predicted molar refractivity (Wildman–Crippen MR) is 258 cm³/mol. The van der Waals surface area contributed by atoms with E-state index in [2.05, 4.69) is 64.5 Å². The van der Waals surface area contributed by atoms with Gasteiger partial charge in [0.1, 0.15) is 29.2 Å². The molecule has 9 heteroatoms. The number of methoxy groups -OCH3 is 2. The number of benzene rings is 8. The number of hydrogen-bond donors (Lipinski definition) is 1. The number of alkyl halides is 1. The van der Waals surface area contributed by atoms with E-state index in [0.29, 0.717) is 59.6 Å². The Kier molecular flexibility index (Phi) is 18.4. The van der Waals surface area contributed by atoms with Crippen molar-refractivity contribution in [3.63, 3.8) is 0 Å². The summed E-state index contributed by atoms with van der Waals surface area (Å²) in [6, 6.07) is 64.1. The smallest absolute Gasteiger partial charge is 0.166 e. The van der Waals surface area contributed by atoms with E-state index in [1.807, 2.05) is 91.0 Å². The fourth-order valence-corrected chi connectivity index (χ4v) is 7.19. The van der Waals surface area contributed by atoms with Crippen molar-refractivity contribution in [3.8, 4) is 34.5 Å². The molecule has 0 aliphatic rings. The Bertz CT molecular complexity index is 2500. The fourth-order valence-electron chi connectivity index (χ4n) is 6.58. The first-order chi connectivity index (χ1) is 31.8. The molecule has 0 saturated carbocycles. The summed E-state index contributed by atoms with van der Waals surface area (Å²) in [5.41, 5.74) is 6.65. The van der Waals surface area contributed by atoms with Crippen LogP contribution in [0.25, 0.3) is 0 Å². The molecule has 0 heterocycles. The third-order valence-corrected chi connectivity index (χ3v) is 11.1. The average molecular weight is 938 g/mol. The van der Waals surface area contributed by atoms with Crippen LogP contribution in [-0.4, -0.2) is 32.5 Å². The average Bonchev–Trinajstić information content (AvgIpc) is 3.36. The van der Waals surface area contributed by atoms with Crippen molar-refractivity contribution in [3.05, 3.63) is 251 Å². The third-order valence-electron chi connectivity index (χ3n) is 10.1. The molecule has 0 saturated heterocycles. The van der Waals surface area contributed by atoms with E-state index in [1.165, 1.54) is 48.6 Å². The SMILES string of the molecule is BrC(c1ccccc1)c1ccccc1.COc1ccc(OCCc2ccc(F)cc2)c(O)c1.COc1ccc(OCCc2ccc(F)cc2)c(OC(c2ccccc2)c2ccccc2)c1. The Labute approximate surface area is 388 Å². The molecule has 8 aromatic rings. The fraction of sp³-hybridized carbons (Fsp3) is 0.143. The number of rotatable bonds is 16. The molecule has 8 aromatic carbocycles. The normalized spacial score (nSPS) is 10.5. The lowest BCUT2D eigenvalue weighted by Gasteiger charge is -2.22. The van der Waals surface area contributed by atoms with Gasteiger partial charge in [0.25, 0.3) is 0 Å². The summed E-state index contributed by atoms with van der Waals surface area (Å²) >= 11 is 3.69. The molecule has 1 N–H and O–H groups in total. The molecule has 0 fully saturated rings. The van der Waals surface area contributed by atoms with Gasteiger partial charge in [0.15, 0.2) is 23.0 Å². The quantitative estimate of drug-likeness (QED) is 0.0974. The standard InChI is InChI=1S/C28H25FO3.C15H15FO3.C13H11Br/c1-30-25-16-17-26(31-19-18-21-12-14-24(29)15-13-21)27(20-25)32-28(22-8-4-2-5-9-22)23-10-6-3-7-11-23;1-18-13-6-7-15(14(17)10-13)19-9-8-11-2-4-12(16)5-3-11;14-13(11-7-3-1-4-8-11)12-9-5-2-6-10-12/h2-17,20,28H,18-19H2,1H3;2-7,10,17H,8-9H2,1H3;1-10,13H. The second-order valence-corrected chi connectivity index (χ2v) is 15.5. The van der Waals surface area contributed by atoms with Crippen molar-refractivity contribution < 1.29 is 37.6 Å². The van der Waals surface area contributed by atoms with Crippen molar-refractivity contribution >= 4 is 15.9 Å². The molecule has 0 radical (unpaired) electrons. The van der Waals surface area contributed by atoms with Crippen LogP contribution in [0.1, 0.15) is 44.3 Å². The lowest BCUT2D eigenvalue weighted by Crippen LogP contribution is -2.11. The molecule has 0 aliphatic heterocycles. The summed E-state index contributed by atoms with van der Waals surface area (Å²) in [5.74, 6) is 2.44. The first-order valence-corrected chi connectivity index (χ1v) is 22.0. The van der Waals surface area contributed by atoms with E-state index in [4.69, 9.17) is 23.7 Å². The van der Waals surface area contributed by atoms with Crippen molar-refractivity contribution in [1.82, 2.24) is 0 Å². The topological polar surface area (TPSA) is 66.4 Å². The van der Waals surface area contributed by atoms with E-state index < -0.39 is 0 Å². The molecule has 332 valence electrons. The molecule has 0 unspecified atom stereocenters. The monoisotopic (exact) mass is 936 g/mol. The molecule has 0 atom stereocenters. The molecule has 0 aliphatic carbocycles. The first kappa shape index (κ1) is 47.4. The summed E-state index contributed by atoms with van der Waals surface area (Å²) in [6.07, 6.45) is 1.00. The van der Waals surface area contributed by atoms with E-state index in [-0.39, 0.29) is 23.5 Å². The maximum absolute atomic E-state index is 13.1. The maximum Gasteiger partial charge on any atom is 0.166 e. The molecular weight excluding hydrogens is 887 g/mol. The summed E-state index contributed by atoms with van der Waals surface area (Å²) in [7, 11) is 3.16. The van der Waals surface area contributed by atoms with Gasteiger partial charge in [-0.15, -0.1) is 0 Å². The van der Waals surface area contributed by atoms with Crippen LogP contribution < -0.4 is 23.7 Å². The van der Waals surface area contributed by atoms with Crippen molar-refractivity contribution in [1.29, 1.82) is 0 Å². The Morgan fingerprint density at radius 1 is 0.446 bits per heavy atom. The van der Waals surface area contributed by atoms with Gasteiger partial charge in [0, 0.05) is 25.0 Å². The highest BCUT2D eigenvalue weighted by Crippen LogP contribution is 2.37. The van der Waals surface area contributed by atoms with E-state index in [1.54, 1.807) is 43.5 Å². The van der Waals surface area contributed by atoms with Crippen LogP contribution in [0.2, 0.25) is 0 Å². The minimum absolute atomic E-state index is 0.0402. The van der Waals surface area contributed by atoms with Gasteiger partial charge in [0.2, 0.25) is 0 Å². The Morgan fingerprint density at radius 2 is 0.831 bits per heavy atom. The van der Waals surface area contributed by atoms with Crippen LogP contribution >= 0.6 is 15.9 Å². The van der Waals surface area contributed by atoms with Crippen molar-refractivity contribution in [2.24, 2.45) is 0 Å². The summed E-state index contributed by atoms with van der Waals surface area (Å²) in [4.78, 5) is 0.296. The van der Waals surface area contributed by atoms with Crippen LogP contribution in [-0.2, 0) is 12.8 Å². The zero-order valence-corrected chi connectivity index (χ0v) is 37.8. The van der Waals surface area contributed by atoms with Gasteiger partial charge in [-0.3, -0.25) is 0 Å². The number of ether oxygens (including phenoxy) is 5. The number of aromatic hydroxyl groups is 1. The first-order valence-electron chi connectivity index (χ1n) is 21.1. The van der Waals surface area contributed by atoms with Crippen LogP contribution in [0.4, 0.5) is 8.78 Å². The zero-order chi connectivity index (χ0) is 45.6. The second kappa shape index (κ2) is 25.3. The second-order valence-electron chi connectivity index (χ2n) is 14.6. The van der Waals surface area contributed by atoms with Gasteiger partial charge >= 0.3 is 0 Å². The van der Waals surface area contributed by atoms with Gasteiger partial charge in [0.05, 0.1) is 32.3 Å². The largest absolute Gasteiger partial charge is 0.504 e. The minimum Gasteiger partial charge on any atom is -0.504 e. The Morgan fingerprint density at radius 3 is 1.25 bits per heavy atom. The summed E-state index contributed by atoms with van der Waals surface area (Å²) in [6.45, 7) is 0.848. The number of halogens is 3. The van der Waals surface area contributed by atoms with Crippen molar-refractivity contribution in [2.45, 2.75) is 23.8 Å². The molecule has 0 spiro atoms. The highest BCUT2D eigenvalue weighted by atomic mass is 79.9. The zero-order valence-electron chi connectivity index (χ0n) is 36.2. The lowest BCUT2D eigenvalue weighted by atomic mass is 10.0. The van der Waals surface area contributed by atoms with Crippen LogP contribution in [0.15, 0.2) is 206 Å². The van der Waals surface area contributed by atoms with Gasteiger partial charge in [-0.2, -0.15) is 0 Å². The molecular formula is C56H51BrF2O6. The number of phenolic OH excluding ortho intramolecular Hbond substituents is 1. The lowest BCUT2D eigenvalue weighted by molar-refractivity contribution is 0.224. The number of hydrogen-bond acceptors (Lipinski definition) is 6. The van der Waals surface area contributed by atoms with Crippen LogP contribution in [0, 0.1) is 11.6 Å². The summed E-state index contributed by atoms with van der Waals surface area (Å²) < 4.78 is 54.3. The van der Waals surface area contributed by atoms with Gasteiger partial charge in [-0.05, 0) is 81.9 Å². The summed E-state index contributed by atoms with van der Waals surface area (Å²) in [5, 5.41) is 9.70. The van der Waals surface area contributed by atoms with Crippen LogP contribution in [0.3, 0.4) is 0 Å².